The molecule has 0 spiro atoms. The van der Waals surface area contributed by atoms with Crippen LogP contribution in [0, 0.1) is 0 Å². The van der Waals surface area contributed by atoms with Crippen LogP contribution in [0.1, 0.15) is 44.6 Å². The molecule has 1 aromatic rings. The molecule has 0 aromatic heterocycles. The van der Waals surface area contributed by atoms with Gasteiger partial charge in [-0.3, -0.25) is 0 Å². The van der Waals surface area contributed by atoms with Crippen molar-refractivity contribution in [1.82, 2.24) is 5.32 Å². The van der Waals surface area contributed by atoms with Crippen molar-refractivity contribution in [3.63, 3.8) is 0 Å². The molecule has 0 fully saturated rings. The third-order valence-electron chi connectivity index (χ3n) is 3.46. The Bertz CT molecular complexity index is 411. The lowest BCUT2D eigenvalue weighted by molar-refractivity contribution is 0.317. The van der Waals surface area contributed by atoms with E-state index in [-0.39, 0.29) is 0 Å². The van der Waals surface area contributed by atoms with Crippen molar-refractivity contribution < 1.29 is 4.74 Å². The average Bonchev–Trinajstić information content (AvgIpc) is 2.95. The second-order valence-electron chi connectivity index (χ2n) is 5.18. The number of ether oxygens (including phenoxy) is 1. The fraction of sp³-hybridized carbons (Fsp3) is 0.529. The summed E-state index contributed by atoms with van der Waals surface area (Å²) in [6.45, 7) is 4.93. The minimum Gasteiger partial charge on any atom is -0.494 e. The lowest BCUT2D eigenvalue weighted by Gasteiger charge is -2.08. The van der Waals surface area contributed by atoms with Crippen LogP contribution >= 0.6 is 0 Å². The topological polar surface area (TPSA) is 21.3 Å². The molecular formula is C17H25NO. The van der Waals surface area contributed by atoms with Crippen molar-refractivity contribution >= 4 is 0 Å². The van der Waals surface area contributed by atoms with Gasteiger partial charge in [-0.25, -0.2) is 0 Å². The fourth-order valence-electron chi connectivity index (χ4n) is 2.41. The second kappa shape index (κ2) is 8.00. The molecule has 0 radical (unpaired) electrons. The van der Waals surface area contributed by atoms with E-state index in [0.29, 0.717) is 0 Å². The molecule has 1 aliphatic rings. The number of hydrogen-bond acceptors (Lipinski definition) is 2. The molecule has 0 saturated heterocycles. The molecule has 2 rings (SSSR count). The molecule has 0 saturated carbocycles. The molecular weight excluding hydrogens is 234 g/mol. The van der Waals surface area contributed by atoms with E-state index in [1.54, 1.807) is 5.57 Å². The predicted octanol–water partition coefficient (Wildman–Crippen LogP) is 4.07. The van der Waals surface area contributed by atoms with Crippen LogP contribution in [0.25, 0.3) is 0 Å². The summed E-state index contributed by atoms with van der Waals surface area (Å²) < 4.78 is 5.65. The smallest absolute Gasteiger partial charge is 0.119 e. The van der Waals surface area contributed by atoms with E-state index in [9.17, 15) is 0 Å². The van der Waals surface area contributed by atoms with E-state index in [4.69, 9.17) is 4.74 Å². The van der Waals surface area contributed by atoms with Crippen molar-refractivity contribution in [3.05, 3.63) is 41.5 Å². The molecule has 1 N–H and O–H groups in total. The highest BCUT2D eigenvalue weighted by Crippen LogP contribution is 2.20. The summed E-state index contributed by atoms with van der Waals surface area (Å²) in [5, 5.41) is 3.52. The molecule has 1 aliphatic carbocycles. The molecule has 1 aromatic carbocycles. The Kier molecular flexibility index (Phi) is 5.96. The number of allylic oxidation sites excluding steroid dienone is 1. The van der Waals surface area contributed by atoms with Crippen LogP contribution in [0.15, 0.2) is 35.9 Å². The van der Waals surface area contributed by atoms with Crippen LogP contribution in [-0.2, 0) is 6.54 Å². The maximum atomic E-state index is 5.65. The Labute approximate surface area is 116 Å². The van der Waals surface area contributed by atoms with Gasteiger partial charge in [0.15, 0.2) is 0 Å². The summed E-state index contributed by atoms with van der Waals surface area (Å²) >= 11 is 0. The van der Waals surface area contributed by atoms with Gasteiger partial charge in [0.1, 0.15) is 5.75 Å². The zero-order valence-electron chi connectivity index (χ0n) is 12.0. The van der Waals surface area contributed by atoms with Crippen molar-refractivity contribution in [2.24, 2.45) is 0 Å². The van der Waals surface area contributed by atoms with Gasteiger partial charge in [0.05, 0.1) is 6.61 Å². The maximum absolute atomic E-state index is 5.65. The van der Waals surface area contributed by atoms with Gasteiger partial charge in [-0.15, -0.1) is 0 Å². The van der Waals surface area contributed by atoms with Crippen LogP contribution in [0.3, 0.4) is 0 Å². The van der Waals surface area contributed by atoms with Crippen molar-refractivity contribution in [2.75, 3.05) is 13.2 Å². The van der Waals surface area contributed by atoms with Gasteiger partial charge in [0.2, 0.25) is 0 Å². The summed E-state index contributed by atoms with van der Waals surface area (Å²) in [7, 11) is 0. The highest BCUT2D eigenvalue weighted by molar-refractivity contribution is 5.28. The van der Waals surface area contributed by atoms with Crippen LogP contribution in [0.5, 0.6) is 5.75 Å². The van der Waals surface area contributed by atoms with E-state index < -0.39 is 0 Å². The average molecular weight is 259 g/mol. The Morgan fingerprint density at radius 1 is 1.32 bits per heavy atom. The SMILES string of the molecule is CCCOc1cccc(CNCCC2=CCCC2)c1. The van der Waals surface area contributed by atoms with Gasteiger partial charge >= 0.3 is 0 Å². The van der Waals surface area contributed by atoms with E-state index in [1.807, 2.05) is 6.07 Å². The molecule has 0 bridgehead atoms. The van der Waals surface area contributed by atoms with Gasteiger partial charge in [0.25, 0.3) is 0 Å². The van der Waals surface area contributed by atoms with Crippen LogP contribution in [0.4, 0.5) is 0 Å². The van der Waals surface area contributed by atoms with Gasteiger partial charge in [-0.1, -0.05) is 30.7 Å². The van der Waals surface area contributed by atoms with Crippen molar-refractivity contribution in [3.8, 4) is 5.75 Å². The van der Waals surface area contributed by atoms with E-state index in [2.05, 4.69) is 36.5 Å². The Morgan fingerprint density at radius 3 is 3.05 bits per heavy atom. The Balaban J connectivity index is 1.69. The number of benzene rings is 1. The predicted molar refractivity (Wildman–Crippen MR) is 80.5 cm³/mol. The van der Waals surface area contributed by atoms with Crippen LogP contribution < -0.4 is 10.1 Å². The van der Waals surface area contributed by atoms with Crippen molar-refractivity contribution in [1.29, 1.82) is 0 Å². The van der Waals surface area contributed by atoms with E-state index in [0.717, 1.165) is 31.9 Å². The first-order valence-electron chi connectivity index (χ1n) is 7.49. The lowest BCUT2D eigenvalue weighted by Crippen LogP contribution is -2.15. The standard InChI is InChI=1S/C17H25NO/c1-2-12-19-17-9-5-8-16(13-17)14-18-11-10-15-6-3-4-7-15/h5-6,8-9,13,18H,2-4,7,10-12,14H2,1H3. The normalized spacial score (nSPS) is 14.5. The molecule has 0 atom stereocenters. The number of hydrogen-bond donors (Lipinski definition) is 1. The zero-order chi connectivity index (χ0) is 13.3. The van der Waals surface area contributed by atoms with Gasteiger partial charge in [-0.05, 0) is 56.3 Å². The third-order valence-corrected chi connectivity index (χ3v) is 3.46. The quantitative estimate of drug-likeness (QED) is 0.561. The summed E-state index contributed by atoms with van der Waals surface area (Å²) in [6, 6.07) is 8.39. The molecule has 2 heteroatoms. The summed E-state index contributed by atoms with van der Waals surface area (Å²) in [6.07, 6.45) is 8.60. The minimum absolute atomic E-state index is 0.797. The molecule has 0 amide bonds. The first kappa shape index (κ1) is 14.1. The largest absolute Gasteiger partial charge is 0.494 e. The molecule has 104 valence electrons. The maximum Gasteiger partial charge on any atom is 0.119 e. The summed E-state index contributed by atoms with van der Waals surface area (Å²) in [4.78, 5) is 0. The van der Waals surface area contributed by atoms with E-state index in [1.165, 1.54) is 31.2 Å². The molecule has 19 heavy (non-hydrogen) atoms. The number of rotatable bonds is 8. The zero-order valence-corrected chi connectivity index (χ0v) is 12.0. The summed E-state index contributed by atoms with van der Waals surface area (Å²) in [5.41, 5.74) is 2.93. The Hall–Kier alpha value is -1.28. The second-order valence-corrected chi connectivity index (χ2v) is 5.18. The molecule has 0 heterocycles. The molecule has 2 nitrogen and oxygen atoms in total. The van der Waals surface area contributed by atoms with Gasteiger partial charge in [-0.2, -0.15) is 0 Å². The Morgan fingerprint density at radius 2 is 2.26 bits per heavy atom. The fourth-order valence-corrected chi connectivity index (χ4v) is 2.41. The third kappa shape index (κ3) is 5.07. The first-order chi connectivity index (χ1) is 9.38. The highest BCUT2D eigenvalue weighted by atomic mass is 16.5. The monoisotopic (exact) mass is 259 g/mol. The molecule has 0 unspecified atom stereocenters. The summed E-state index contributed by atoms with van der Waals surface area (Å²) in [5.74, 6) is 0.986. The first-order valence-corrected chi connectivity index (χ1v) is 7.49. The molecule has 0 aliphatic heterocycles. The van der Waals surface area contributed by atoms with Crippen LogP contribution in [-0.4, -0.2) is 13.2 Å². The van der Waals surface area contributed by atoms with Crippen molar-refractivity contribution in [2.45, 2.75) is 45.6 Å². The minimum atomic E-state index is 0.797. The lowest BCUT2D eigenvalue weighted by atomic mass is 10.1. The van der Waals surface area contributed by atoms with E-state index >= 15 is 0 Å². The van der Waals surface area contributed by atoms with Gasteiger partial charge in [0, 0.05) is 6.54 Å². The van der Waals surface area contributed by atoms with Crippen LogP contribution in [0.2, 0.25) is 0 Å². The number of nitrogens with one attached hydrogen (secondary N) is 1. The van der Waals surface area contributed by atoms with Gasteiger partial charge < -0.3 is 10.1 Å². The highest BCUT2D eigenvalue weighted by Gasteiger charge is 2.03.